The van der Waals surface area contributed by atoms with Gasteiger partial charge in [-0.1, -0.05) is 36.8 Å². The first-order valence-corrected chi connectivity index (χ1v) is 7.37. The Labute approximate surface area is 123 Å². The molecule has 0 spiro atoms. The van der Waals surface area contributed by atoms with Crippen LogP contribution in [0.3, 0.4) is 0 Å². The molecule has 6 heteroatoms. The van der Waals surface area contributed by atoms with Crippen LogP contribution >= 0.6 is 0 Å². The topological polar surface area (TPSA) is 72.7 Å². The van der Waals surface area contributed by atoms with Gasteiger partial charge in [0.2, 0.25) is 5.91 Å². The molecule has 1 aromatic heterocycles. The molecule has 1 aliphatic rings. The van der Waals surface area contributed by atoms with E-state index in [1.165, 1.54) is 30.3 Å². The van der Waals surface area contributed by atoms with Crippen molar-refractivity contribution in [3.05, 3.63) is 42.2 Å². The van der Waals surface area contributed by atoms with Crippen LogP contribution in [-0.2, 0) is 11.2 Å². The molecule has 3 rings (SSSR count). The van der Waals surface area contributed by atoms with Crippen LogP contribution in [0.2, 0.25) is 0 Å². The van der Waals surface area contributed by atoms with E-state index in [1.807, 2.05) is 30.3 Å². The molecule has 1 atom stereocenters. The smallest absolute Gasteiger partial charge is 0.245 e. The van der Waals surface area contributed by atoms with Gasteiger partial charge in [0, 0.05) is 13.0 Å². The van der Waals surface area contributed by atoms with Crippen LogP contribution in [0.15, 0.2) is 36.7 Å². The van der Waals surface area contributed by atoms with Gasteiger partial charge in [-0.15, -0.1) is 5.10 Å². The molecule has 1 aromatic carbocycles. The number of rotatable bonds is 6. The molecule has 1 heterocycles. The number of hydrogen-bond donors (Lipinski definition) is 1. The molecule has 1 saturated carbocycles. The van der Waals surface area contributed by atoms with Gasteiger partial charge in [-0.3, -0.25) is 4.79 Å². The average Bonchev–Trinajstić information content (AvgIpc) is 2.98. The summed E-state index contributed by atoms with van der Waals surface area (Å²) in [6, 6.07) is 9.53. The van der Waals surface area contributed by atoms with Crippen molar-refractivity contribution in [2.75, 3.05) is 6.54 Å². The minimum Gasteiger partial charge on any atom is -0.354 e. The van der Waals surface area contributed by atoms with Crippen LogP contribution < -0.4 is 5.32 Å². The van der Waals surface area contributed by atoms with E-state index in [4.69, 9.17) is 0 Å². The molecule has 1 aliphatic carbocycles. The fourth-order valence-corrected chi connectivity index (χ4v) is 2.51. The molecule has 1 fully saturated rings. The lowest BCUT2D eigenvalue weighted by molar-refractivity contribution is -0.125. The van der Waals surface area contributed by atoms with Crippen LogP contribution in [0.4, 0.5) is 0 Å². The largest absolute Gasteiger partial charge is 0.354 e. The van der Waals surface area contributed by atoms with E-state index in [0.717, 1.165) is 12.1 Å². The van der Waals surface area contributed by atoms with Gasteiger partial charge in [0.05, 0.1) is 0 Å². The molecule has 0 aliphatic heterocycles. The molecule has 0 radical (unpaired) electrons. The summed E-state index contributed by atoms with van der Waals surface area (Å²) < 4.78 is 1.53. The van der Waals surface area contributed by atoms with E-state index in [-0.39, 0.29) is 5.91 Å². The van der Waals surface area contributed by atoms with Gasteiger partial charge < -0.3 is 5.32 Å². The normalized spacial score (nSPS) is 16.2. The number of nitrogens with one attached hydrogen (secondary N) is 1. The van der Waals surface area contributed by atoms with Gasteiger partial charge in [0.15, 0.2) is 0 Å². The number of carbonyl (C=O) groups excluding carboxylic acids is 1. The summed E-state index contributed by atoms with van der Waals surface area (Å²) in [5.41, 5.74) is 1.09. The first-order chi connectivity index (χ1) is 10.3. The van der Waals surface area contributed by atoms with Crippen LogP contribution in [0.25, 0.3) is 0 Å². The highest BCUT2D eigenvalue weighted by molar-refractivity contribution is 5.80. The summed E-state index contributed by atoms with van der Waals surface area (Å²) in [6.07, 6.45) is 5.79. The molecular weight excluding hydrogens is 266 g/mol. The first kappa shape index (κ1) is 13.7. The highest BCUT2D eigenvalue weighted by Gasteiger charge is 2.24. The fourth-order valence-electron chi connectivity index (χ4n) is 2.51. The molecule has 1 N–H and O–H groups in total. The van der Waals surface area contributed by atoms with Crippen molar-refractivity contribution in [2.45, 2.75) is 31.7 Å². The maximum atomic E-state index is 12.5. The average molecular weight is 285 g/mol. The lowest BCUT2D eigenvalue weighted by Gasteiger charge is -2.26. The van der Waals surface area contributed by atoms with Crippen molar-refractivity contribution in [1.82, 2.24) is 25.5 Å². The zero-order chi connectivity index (χ0) is 14.5. The summed E-state index contributed by atoms with van der Waals surface area (Å²) in [7, 11) is 0. The Morgan fingerprint density at radius 2 is 2.14 bits per heavy atom. The second-order valence-electron chi connectivity index (χ2n) is 5.54. The summed E-state index contributed by atoms with van der Waals surface area (Å²) in [5, 5.41) is 14.2. The molecule has 0 saturated heterocycles. The lowest BCUT2D eigenvalue weighted by atomic mass is 9.85. The summed E-state index contributed by atoms with van der Waals surface area (Å²) >= 11 is 0. The van der Waals surface area contributed by atoms with Crippen LogP contribution in [-0.4, -0.2) is 32.7 Å². The highest BCUT2D eigenvalue weighted by atomic mass is 16.2. The minimum atomic E-state index is -0.400. The maximum absolute atomic E-state index is 12.5. The van der Waals surface area contributed by atoms with E-state index in [9.17, 15) is 4.79 Å². The van der Waals surface area contributed by atoms with Gasteiger partial charge in [-0.05, 0) is 34.7 Å². The van der Waals surface area contributed by atoms with Crippen LogP contribution in [0, 0.1) is 5.92 Å². The molecule has 0 unspecified atom stereocenters. The number of amides is 1. The van der Waals surface area contributed by atoms with Gasteiger partial charge in [-0.2, -0.15) is 0 Å². The first-order valence-electron chi connectivity index (χ1n) is 7.37. The quantitative estimate of drug-likeness (QED) is 0.870. The number of tetrazole rings is 1. The van der Waals surface area contributed by atoms with Crippen LogP contribution in [0.1, 0.15) is 30.9 Å². The Kier molecular flexibility index (Phi) is 4.23. The van der Waals surface area contributed by atoms with Gasteiger partial charge >= 0.3 is 0 Å². The third kappa shape index (κ3) is 3.45. The standard InChI is InChI=1S/C15H19N5O/c21-15(16-10-13-7-4-8-13)14(20-11-17-18-19-20)9-12-5-2-1-3-6-12/h1-3,5-6,11,13-14H,4,7-10H2,(H,16,21)/t14-/m1/s1. The number of carbonyl (C=O) groups is 1. The van der Waals surface area contributed by atoms with E-state index < -0.39 is 6.04 Å². The van der Waals surface area contributed by atoms with Crippen molar-refractivity contribution >= 4 is 5.91 Å². The zero-order valence-electron chi connectivity index (χ0n) is 11.9. The summed E-state index contributed by atoms with van der Waals surface area (Å²) in [6.45, 7) is 0.756. The van der Waals surface area contributed by atoms with E-state index in [0.29, 0.717) is 12.3 Å². The third-order valence-corrected chi connectivity index (χ3v) is 4.05. The number of hydrogen-bond acceptors (Lipinski definition) is 4. The molecular formula is C15H19N5O. The molecule has 6 nitrogen and oxygen atoms in total. The summed E-state index contributed by atoms with van der Waals surface area (Å²) in [4.78, 5) is 12.5. The highest BCUT2D eigenvalue weighted by Crippen LogP contribution is 2.25. The maximum Gasteiger partial charge on any atom is 0.245 e. The predicted molar refractivity (Wildman–Crippen MR) is 77.4 cm³/mol. The van der Waals surface area contributed by atoms with E-state index in [1.54, 1.807) is 0 Å². The minimum absolute atomic E-state index is 0.0157. The van der Waals surface area contributed by atoms with Crippen molar-refractivity contribution in [2.24, 2.45) is 5.92 Å². The predicted octanol–water partition coefficient (Wildman–Crippen LogP) is 1.37. The second kappa shape index (κ2) is 6.47. The second-order valence-corrected chi connectivity index (χ2v) is 5.54. The van der Waals surface area contributed by atoms with Crippen molar-refractivity contribution in [3.8, 4) is 0 Å². The Balaban J connectivity index is 1.68. The Bertz CT molecular complexity index is 565. The lowest BCUT2D eigenvalue weighted by Crippen LogP contribution is -2.38. The van der Waals surface area contributed by atoms with E-state index >= 15 is 0 Å². The fraction of sp³-hybridized carbons (Fsp3) is 0.467. The number of aromatic nitrogens is 4. The molecule has 1 amide bonds. The Morgan fingerprint density at radius 1 is 1.33 bits per heavy atom. The number of nitrogens with zero attached hydrogens (tertiary/aromatic N) is 4. The van der Waals surface area contributed by atoms with Gasteiger partial charge in [0.1, 0.15) is 12.4 Å². The Morgan fingerprint density at radius 3 is 2.76 bits per heavy atom. The van der Waals surface area contributed by atoms with Gasteiger partial charge in [-0.25, -0.2) is 4.68 Å². The monoisotopic (exact) mass is 285 g/mol. The van der Waals surface area contributed by atoms with Gasteiger partial charge in [0.25, 0.3) is 0 Å². The van der Waals surface area contributed by atoms with Crippen LogP contribution in [0.5, 0.6) is 0 Å². The number of benzene rings is 1. The molecule has 110 valence electrons. The zero-order valence-corrected chi connectivity index (χ0v) is 11.9. The SMILES string of the molecule is O=C(NCC1CCC1)[C@@H](Cc1ccccc1)n1cnnn1. The molecule has 21 heavy (non-hydrogen) atoms. The molecule has 2 aromatic rings. The van der Waals surface area contributed by atoms with Crippen molar-refractivity contribution < 1.29 is 4.79 Å². The summed E-state index contributed by atoms with van der Waals surface area (Å²) in [5.74, 6) is 0.623. The van der Waals surface area contributed by atoms with E-state index in [2.05, 4.69) is 20.8 Å². The third-order valence-electron chi connectivity index (χ3n) is 4.05. The van der Waals surface area contributed by atoms with Crippen molar-refractivity contribution in [3.63, 3.8) is 0 Å². The molecule has 0 bridgehead atoms. The van der Waals surface area contributed by atoms with Crippen molar-refractivity contribution in [1.29, 1.82) is 0 Å². The Hall–Kier alpha value is -2.24.